The van der Waals surface area contributed by atoms with Gasteiger partial charge in [-0.2, -0.15) is 0 Å². The van der Waals surface area contributed by atoms with E-state index in [1.54, 1.807) is 17.2 Å². The average Bonchev–Trinajstić information content (AvgIpc) is 2.78. The predicted octanol–water partition coefficient (Wildman–Crippen LogP) is 1.30. The molecule has 0 aliphatic carbocycles. The number of hydrogen-bond acceptors (Lipinski definition) is 4. The van der Waals surface area contributed by atoms with Crippen LogP contribution < -0.4 is 4.74 Å². The molecule has 1 aliphatic heterocycles. The van der Waals surface area contributed by atoms with Crippen LogP contribution in [-0.2, 0) is 4.74 Å². The first-order valence-electron chi connectivity index (χ1n) is 5.20. The van der Waals surface area contributed by atoms with Crippen LogP contribution in [0.1, 0.15) is 6.42 Å². The van der Waals surface area contributed by atoms with Crippen molar-refractivity contribution in [3.05, 3.63) is 24.4 Å². The van der Waals surface area contributed by atoms with Crippen LogP contribution >= 0.6 is 0 Å². The Bertz CT molecular complexity index is 356. The standard InChI is InChI=1S/C11H14N2O3/c1-15-11(14)13-7-5-9(8-13)16-10-4-2-3-6-12-10/h2-4,6,9H,5,7-8H2,1H3. The number of carbonyl (C=O) groups is 1. The highest BCUT2D eigenvalue weighted by Crippen LogP contribution is 2.16. The van der Waals surface area contributed by atoms with E-state index in [9.17, 15) is 4.79 Å². The zero-order valence-electron chi connectivity index (χ0n) is 9.13. The molecular weight excluding hydrogens is 208 g/mol. The molecule has 1 aliphatic rings. The number of pyridine rings is 1. The number of ether oxygens (including phenoxy) is 2. The van der Waals surface area contributed by atoms with Gasteiger partial charge in [-0.15, -0.1) is 0 Å². The molecule has 1 aromatic rings. The van der Waals surface area contributed by atoms with Gasteiger partial charge in [0.25, 0.3) is 0 Å². The van der Waals surface area contributed by atoms with Gasteiger partial charge in [-0.1, -0.05) is 6.07 Å². The maximum atomic E-state index is 11.2. The molecule has 1 saturated heterocycles. The Morgan fingerprint density at radius 1 is 1.56 bits per heavy atom. The number of carbonyl (C=O) groups excluding carboxylic acids is 1. The Labute approximate surface area is 94.0 Å². The highest BCUT2D eigenvalue weighted by atomic mass is 16.5. The SMILES string of the molecule is COC(=O)N1CCC(Oc2ccccn2)C1. The molecule has 86 valence electrons. The molecule has 5 nitrogen and oxygen atoms in total. The van der Waals surface area contributed by atoms with Crippen LogP contribution in [0.4, 0.5) is 4.79 Å². The van der Waals surface area contributed by atoms with Crippen LogP contribution in [0.15, 0.2) is 24.4 Å². The van der Waals surface area contributed by atoms with Crippen LogP contribution in [-0.4, -0.2) is 42.3 Å². The molecule has 2 rings (SSSR count). The Hall–Kier alpha value is -1.78. The molecule has 0 spiro atoms. The van der Waals surface area contributed by atoms with Crippen molar-refractivity contribution in [3.8, 4) is 5.88 Å². The summed E-state index contributed by atoms with van der Waals surface area (Å²) in [7, 11) is 1.38. The molecule has 0 saturated carbocycles. The first kappa shape index (κ1) is 10.7. The van der Waals surface area contributed by atoms with Crippen LogP contribution in [0.25, 0.3) is 0 Å². The molecule has 0 radical (unpaired) electrons. The van der Waals surface area contributed by atoms with Crippen molar-refractivity contribution < 1.29 is 14.3 Å². The van der Waals surface area contributed by atoms with Crippen molar-refractivity contribution in [1.82, 2.24) is 9.88 Å². The topological polar surface area (TPSA) is 51.7 Å². The van der Waals surface area contributed by atoms with Gasteiger partial charge in [0.2, 0.25) is 5.88 Å². The first-order chi connectivity index (χ1) is 7.79. The van der Waals surface area contributed by atoms with E-state index in [4.69, 9.17) is 4.74 Å². The van der Waals surface area contributed by atoms with Crippen LogP contribution in [0.3, 0.4) is 0 Å². The molecule has 1 fully saturated rings. The van der Waals surface area contributed by atoms with Crippen molar-refractivity contribution in [2.45, 2.75) is 12.5 Å². The fraction of sp³-hybridized carbons (Fsp3) is 0.455. The molecule has 0 N–H and O–H groups in total. The summed E-state index contributed by atoms with van der Waals surface area (Å²) < 4.78 is 10.3. The molecule has 5 heteroatoms. The summed E-state index contributed by atoms with van der Waals surface area (Å²) >= 11 is 0. The third kappa shape index (κ3) is 2.42. The Morgan fingerprint density at radius 2 is 2.44 bits per heavy atom. The van der Waals surface area contributed by atoms with E-state index in [-0.39, 0.29) is 12.2 Å². The number of nitrogens with zero attached hydrogens (tertiary/aromatic N) is 2. The third-order valence-electron chi connectivity index (χ3n) is 2.50. The van der Waals surface area contributed by atoms with E-state index in [1.807, 2.05) is 12.1 Å². The van der Waals surface area contributed by atoms with E-state index in [2.05, 4.69) is 9.72 Å². The van der Waals surface area contributed by atoms with Gasteiger partial charge in [0.05, 0.1) is 13.7 Å². The van der Waals surface area contributed by atoms with Gasteiger partial charge >= 0.3 is 6.09 Å². The third-order valence-corrected chi connectivity index (χ3v) is 2.50. The monoisotopic (exact) mass is 222 g/mol. The normalized spacial score (nSPS) is 19.6. The average molecular weight is 222 g/mol. The van der Waals surface area contributed by atoms with E-state index in [0.717, 1.165) is 6.42 Å². The zero-order chi connectivity index (χ0) is 11.4. The van der Waals surface area contributed by atoms with Gasteiger partial charge in [-0.25, -0.2) is 9.78 Å². The maximum Gasteiger partial charge on any atom is 0.409 e. The highest BCUT2D eigenvalue weighted by molar-refractivity contribution is 5.67. The molecule has 0 aromatic carbocycles. The van der Waals surface area contributed by atoms with Crippen LogP contribution in [0.2, 0.25) is 0 Å². The zero-order valence-corrected chi connectivity index (χ0v) is 9.13. The van der Waals surface area contributed by atoms with Crippen LogP contribution in [0.5, 0.6) is 5.88 Å². The minimum absolute atomic E-state index is 0.00833. The van der Waals surface area contributed by atoms with Crippen molar-refractivity contribution in [3.63, 3.8) is 0 Å². The minimum atomic E-state index is -0.299. The fourth-order valence-electron chi connectivity index (χ4n) is 1.71. The first-order valence-corrected chi connectivity index (χ1v) is 5.20. The van der Waals surface area contributed by atoms with Gasteiger partial charge < -0.3 is 14.4 Å². The summed E-state index contributed by atoms with van der Waals surface area (Å²) in [5, 5.41) is 0. The quantitative estimate of drug-likeness (QED) is 0.756. The second-order valence-electron chi connectivity index (χ2n) is 3.61. The number of hydrogen-bond donors (Lipinski definition) is 0. The molecule has 1 aromatic heterocycles. The van der Waals surface area contributed by atoms with Gasteiger partial charge in [0, 0.05) is 25.2 Å². The molecule has 1 amide bonds. The van der Waals surface area contributed by atoms with E-state index < -0.39 is 0 Å². The second-order valence-corrected chi connectivity index (χ2v) is 3.61. The van der Waals surface area contributed by atoms with Gasteiger partial charge in [0.1, 0.15) is 6.10 Å². The van der Waals surface area contributed by atoms with Crippen molar-refractivity contribution >= 4 is 6.09 Å². The van der Waals surface area contributed by atoms with Crippen molar-refractivity contribution in [1.29, 1.82) is 0 Å². The summed E-state index contributed by atoms with van der Waals surface area (Å²) in [6.07, 6.45) is 2.20. The molecule has 2 heterocycles. The van der Waals surface area contributed by atoms with E-state index in [0.29, 0.717) is 19.0 Å². The number of methoxy groups -OCH3 is 1. The summed E-state index contributed by atoms with van der Waals surface area (Å²) in [5.41, 5.74) is 0. The molecule has 16 heavy (non-hydrogen) atoms. The fourth-order valence-corrected chi connectivity index (χ4v) is 1.71. The lowest BCUT2D eigenvalue weighted by Gasteiger charge is -2.15. The van der Waals surface area contributed by atoms with Crippen molar-refractivity contribution in [2.24, 2.45) is 0 Å². The largest absolute Gasteiger partial charge is 0.472 e. The Kier molecular flexibility index (Phi) is 3.24. The minimum Gasteiger partial charge on any atom is -0.472 e. The molecule has 1 atom stereocenters. The summed E-state index contributed by atoms with van der Waals surface area (Å²) in [5.74, 6) is 0.596. The van der Waals surface area contributed by atoms with Crippen LogP contribution in [0, 0.1) is 0 Å². The number of likely N-dealkylation sites (tertiary alicyclic amines) is 1. The summed E-state index contributed by atoms with van der Waals surface area (Å²) in [6, 6.07) is 5.51. The summed E-state index contributed by atoms with van der Waals surface area (Å²) in [6.45, 7) is 1.23. The number of aromatic nitrogens is 1. The van der Waals surface area contributed by atoms with Gasteiger partial charge in [0.15, 0.2) is 0 Å². The van der Waals surface area contributed by atoms with E-state index >= 15 is 0 Å². The lowest BCUT2D eigenvalue weighted by Crippen LogP contribution is -2.30. The smallest absolute Gasteiger partial charge is 0.409 e. The highest BCUT2D eigenvalue weighted by Gasteiger charge is 2.28. The maximum absolute atomic E-state index is 11.2. The molecule has 1 unspecified atom stereocenters. The van der Waals surface area contributed by atoms with E-state index in [1.165, 1.54) is 7.11 Å². The number of rotatable bonds is 2. The van der Waals surface area contributed by atoms with Gasteiger partial charge in [-0.05, 0) is 6.07 Å². The summed E-state index contributed by atoms with van der Waals surface area (Å²) in [4.78, 5) is 17.0. The van der Waals surface area contributed by atoms with Crippen molar-refractivity contribution in [2.75, 3.05) is 20.2 Å². The Balaban J connectivity index is 1.88. The lowest BCUT2D eigenvalue weighted by atomic mass is 10.3. The lowest BCUT2D eigenvalue weighted by molar-refractivity contribution is 0.125. The molecule has 0 bridgehead atoms. The second kappa shape index (κ2) is 4.83. The molecular formula is C11H14N2O3. The predicted molar refractivity (Wildman–Crippen MR) is 57.2 cm³/mol. The Morgan fingerprint density at radius 3 is 3.12 bits per heavy atom. The van der Waals surface area contributed by atoms with Gasteiger partial charge in [-0.3, -0.25) is 0 Å². The number of amides is 1.